The Kier molecular flexibility index (Phi) is 7.51. The monoisotopic (exact) mass is 620 g/mol. The molecule has 6 aromatic rings. The Morgan fingerprint density at radius 3 is 2.02 bits per heavy atom. The summed E-state index contributed by atoms with van der Waals surface area (Å²) < 4.78 is 0. The molecular formula is C42H32N6. The van der Waals surface area contributed by atoms with Crippen molar-refractivity contribution in [3.8, 4) is 11.1 Å². The van der Waals surface area contributed by atoms with Crippen molar-refractivity contribution < 1.29 is 0 Å². The SMILES string of the molecule is C=C(/N=C(\N=C(/N)c1cnc(N2c3ccccc3-c3cc4ccccc4cc3C3C=CC=CC32)nc1)c1ccccc1)c1ccccc1. The second-order valence-corrected chi connectivity index (χ2v) is 11.8. The van der Waals surface area contributed by atoms with E-state index in [4.69, 9.17) is 25.7 Å². The Bertz CT molecular complexity index is 2270. The number of amidine groups is 2. The van der Waals surface area contributed by atoms with Gasteiger partial charge in [-0.3, -0.25) is 0 Å². The zero-order valence-corrected chi connectivity index (χ0v) is 26.2. The van der Waals surface area contributed by atoms with Gasteiger partial charge in [0.05, 0.1) is 23.0 Å². The van der Waals surface area contributed by atoms with Crippen molar-refractivity contribution in [2.45, 2.75) is 12.0 Å². The van der Waals surface area contributed by atoms with Crippen LogP contribution < -0.4 is 10.6 Å². The van der Waals surface area contributed by atoms with Gasteiger partial charge in [0.15, 0.2) is 5.84 Å². The Morgan fingerprint density at radius 1 is 0.646 bits per heavy atom. The third-order valence-corrected chi connectivity index (χ3v) is 8.89. The van der Waals surface area contributed by atoms with Crippen LogP contribution in [0.3, 0.4) is 0 Å². The van der Waals surface area contributed by atoms with Crippen LogP contribution in [0, 0.1) is 0 Å². The van der Waals surface area contributed by atoms with Crippen molar-refractivity contribution >= 4 is 39.8 Å². The van der Waals surface area contributed by atoms with E-state index in [0.717, 1.165) is 22.4 Å². The average Bonchev–Trinajstić information content (AvgIpc) is 3.27. The zero-order valence-electron chi connectivity index (χ0n) is 26.2. The molecule has 0 radical (unpaired) electrons. The maximum atomic E-state index is 6.62. The first kappa shape index (κ1) is 29.0. The minimum absolute atomic E-state index is 0.0313. The molecule has 0 bridgehead atoms. The van der Waals surface area contributed by atoms with Gasteiger partial charge in [0, 0.05) is 29.4 Å². The van der Waals surface area contributed by atoms with Gasteiger partial charge >= 0.3 is 0 Å². The number of rotatable bonds is 5. The van der Waals surface area contributed by atoms with E-state index < -0.39 is 0 Å². The quantitative estimate of drug-likeness (QED) is 0.154. The van der Waals surface area contributed by atoms with Crippen LogP contribution in [0.15, 0.2) is 175 Å². The number of hydrogen-bond acceptors (Lipinski definition) is 4. The molecule has 6 heteroatoms. The zero-order chi connectivity index (χ0) is 32.5. The lowest BCUT2D eigenvalue weighted by Crippen LogP contribution is -2.35. The Morgan fingerprint density at radius 2 is 1.27 bits per heavy atom. The first-order valence-electron chi connectivity index (χ1n) is 16.0. The summed E-state index contributed by atoms with van der Waals surface area (Å²) in [6.45, 7) is 4.19. The molecule has 0 saturated heterocycles. The molecule has 2 heterocycles. The second kappa shape index (κ2) is 12.4. The molecule has 6 nitrogen and oxygen atoms in total. The standard InChI is InChI=1S/C42H32N6/c1-28(29-14-4-2-5-15-29)46-41(30-16-6-3-7-17-30)47-40(43)33-26-44-42(45-27-33)48-38-22-12-10-20-34(38)36-24-31-18-8-9-19-32(31)25-37(36)35-21-11-13-23-39(35)48/h2-27,34,38H,1H2,(H2,43,46,47). The lowest BCUT2D eigenvalue weighted by molar-refractivity contribution is 0.684. The van der Waals surface area contributed by atoms with Gasteiger partial charge in [0.25, 0.3) is 0 Å². The lowest BCUT2D eigenvalue weighted by atomic mass is 9.83. The van der Waals surface area contributed by atoms with Gasteiger partial charge < -0.3 is 10.6 Å². The molecule has 0 fully saturated rings. The highest BCUT2D eigenvalue weighted by atomic mass is 15.3. The van der Waals surface area contributed by atoms with E-state index in [2.05, 4.69) is 96.4 Å². The first-order chi connectivity index (χ1) is 23.6. The maximum Gasteiger partial charge on any atom is 0.230 e. The van der Waals surface area contributed by atoms with Crippen LogP contribution >= 0.6 is 0 Å². The smallest absolute Gasteiger partial charge is 0.230 e. The minimum Gasteiger partial charge on any atom is -0.383 e. The largest absolute Gasteiger partial charge is 0.383 e. The Balaban J connectivity index is 1.19. The number of allylic oxidation sites excluding steroid dienone is 2. The number of benzene rings is 5. The van der Waals surface area contributed by atoms with Crippen LogP contribution in [-0.2, 0) is 0 Å². The highest BCUT2D eigenvalue weighted by Crippen LogP contribution is 2.48. The number of anilines is 2. The fourth-order valence-electron chi connectivity index (χ4n) is 6.53. The maximum absolute atomic E-state index is 6.62. The van der Waals surface area contributed by atoms with E-state index in [0.29, 0.717) is 23.0 Å². The van der Waals surface area contributed by atoms with Gasteiger partial charge in [0.2, 0.25) is 5.95 Å². The van der Waals surface area contributed by atoms with E-state index >= 15 is 0 Å². The Labute approximate surface area is 279 Å². The second-order valence-electron chi connectivity index (χ2n) is 11.8. The van der Waals surface area contributed by atoms with Crippen LogP contribution in [0.25, 0.3) is 27.6 Å². The molecule has 1 aromatic heterocycles. The fraction of sp³-hybridized carbons (Fsp3) is 0.0476. The molecule has 2 unspecified atom stereocenters. The van der Waals surface area contributed by atoms with E-state index in [1.54, 1.807) is 12.4 Å². The van der Waals surface area contributed by atoms with E-state index in [1.165, 1.54) is 21.9 Å². The van der Waals surface area contributed by atoms with Crippen molar-refractivity contribution in [1.82, 2.24) is 9.97 Å². The third kappa shape index (κ3) is 5.39. The molecule has 2 N–H and O–H groups in total. The van der Waals surface area contributed by atoms with Crippen molar-refractivity contribution in [2.24, 2.45) is 15.7 Å². The van der Waals surface area contributed by atoms with E-state index in [1.807, 2.05) is 60.7 Å². The lowest BCUT2D eigenvalue weighted by Gasteiger charge is -2.34. The van der Waals surface area contributed by atoms with Crippen molar-refractivity contribution in [2.75, 3.05) is 4.90 Å². The predicted molar refractivity (Wildman–Crippen MR) is 198 cm³/mol. The highest BCUT2D eigenvalue weighted by Gasteiger charge is 2.35. The number of hydrogen-bond donors (Lipinski definition) is 1. The summed E-state index contributed by atoms with van der Waals surface area (Å²) >= 11 is 0. The van der Waals surface area contributed by atoms with Crippen LogP contribution in [-0.4, -0.2) is 27.7 Å². The first-order valence-corrected chi connectivity index (χ1v) is 16.0. The number of fused-ring (bicyclic) bond motifs is 6. The van der Waals surface area contributed by atoms with Crippen LogP contribution in [0.2, 0.25) is 0 Å². The molecule has 5 aromatic carbocycles. The molecule has 2 atom stereocenters. The summed E-state index contributed by atoms with van der Waals surface area (Å²) in [7, 11) is 0. The molecule has 0 spiro atoms. The third-order valence-electron chi connectivity index (χ3n) is 8.89. The van der Waals surface area contributed by atoms with Crippen LogP contribution in [0.1, 0.15) is 28.2 Å². The van der Waals surface area contributed by atoms with Gasteiger partial charge in [-0.25, -0.2) is 20.0 Å². The molecule has 48 heavy (non-hydrogen) atoms. The van der Waals surface area contributed by atoms with Gasteiger partial charge in [0.1, 0.15) is 5.84 Å². The minimum atomic E-state index is -0.0313. The molecule has 1 aliphatic carbocycles. The van der Waals surface area contributed by atoms with Gasteiger partial charge in [-0.05, 0) is 45.7 Å². The summed E-state index contributed by atoms with van der Waals surface area (Å²) in [6.07, 6.45) is 12.2. The van der Waals surface area contributed by atoms with Gasteiger partial charge in [-0.1, -0.05) is 134 Å². The number of nitrogens with zero attached hydrogens (tertiary/aromatic N) is 5. The van der Waals surface area contributed by atoms with Crippen LogP contribution in [0.5, 0.6) is 0 Å². The van der Waals surface area contributed by atoms with Crippen LogP contribution in [0.4, 0.5) is 11.6 Å². The summed E-state index contributed by atoms with van der Waals surface area (Å²) in [5.74, 6) is 1.40. The van der Waals surface area contributed by atoms with Crippen molar-refractivity contribution in [3.63, 3.8) is 0 Å². The fourth-order valence-corrected chi connectivity index (χ4v) is 6.53. The van der Waals surface area contributed by atoms with E-state index in [-0.39, 0.29) is 17.8 Å². The van der Waals surface area contributed by atoms with Crippen molar-refractivity contribution in [1.29, 1.82) is 0 Å². The molecular weight excluding hydrogens is 589 g/mol. The number of para-hydroxylation sites is 1. The summed E-state index contributed by atoms with van der Waals surface area (Å²) in [5.41, 5.74) is 14.2. The predicted octanol–water partition coefficient (Wildman–Crippen LogP) is 8.85. The van der Waals surface area contributed by atoms with E-state index in [9.17, 15) is 0 Å². The highest BCUT2D eigenvalue weighted by molar-refractivity contribution is 6.12. The van der Waals surface area contributed by atoms with Gasteiger partial charge in [-0.15, -0.1) is 0 Å². The summed E-state index contributed by atoms with van der Waals surface area (Å²) in [6, 6.07) is 41.2. The molecule has 230 valence electrons. The summed E-state index contributed by atoms with van der Waals surface area (Å²) in [5, 5.41) is 2.44. The average molecular weight is 621 g/mol. The Hall–Kier alpha value is -6.40. The molecule has 0 saturated carbocycles. The molecule has 1 aliphatic heterocycles. The summed E-state index contributed by atoms with van der Waals surface area (Å²) in [4.78, 5) is 21.6. The molecule has 2 aliphatic rings. The number of aromatic nitrogens is 2. The number of aliphatic imine (C=N–C) groups is 2. The molecule has 8 rings (SSSR count). The molecule has 0 amide bonds. The normalized spacial score (nSPS) is 17.0. The van der Waals surface area contributed by atoms with Gasteiger partial charge in [-0.2, -0.15) is 0 Å². The topological polar surface area (TPSA) is 79.8 Å². The van der Waals surface area contributed by atoms with Crippen molar-refractivity contribution in [3.05, 3.63) is 187 Å². The number of nitrogens with two attached hydrogens (primary N) is 1.